The Morgan fingerprint density at radius 2 is 1.77 bits per heavy atom. The smallest absolute Gasteiger partial charge is 0.246 e. The number of hydrogen-bond acceptors (Lipinski definition) is 5. The Labute approximate surface area is 180 Å². The van der Waals surface area contributed by atoms with Gasteiger partial charge in [0.15, 0.2) is 5.75 Å². The molecule has 1 atom stereocenters. The maximum atomic E-state index is 12.5. The number of nitriles is 1. The summed E-state index contributed by atoms with van der Waals surface area (Å²) < 4.78 is 6.00. The van der Waals surface area contributed by atoms with Gasteiger partial charge in [0.25, 0.3) is 0 Å². The number of para-hydroxylation sites is 2. The van der Waals surface area contributed by atoms with Crippen LogP contribution in [-0.4, -0.2) is 16.9 Å². The number of carbonyl (C=O) groups excluding carboxylic acids is 1. The molecule has 4 rings (SSSR count). The summed E-state index contributed by atoms with van der Waals surface area (Å²) in [6.07, 6.45) is 1.74. The predicted molar refractivity (Wildman–Crippen MR) is 121 cm³/mol. The van der Waals surface area contributed by atoms with Crippen LogP contribution in [0.5, 0.6) is 11.5 Å². The second kappa shape index (κ2) is 8.97. The van der Waals surface area contributed by atoms with E-state index in [1.807, 2.05) is 54.6 Å². The molecule has 0 spiro atoms. The minimum absolute atomic E-state index is 0.232. The van der Waals surface area contributed by atoms with E-state index >= 15 is 0 Å². The first-order chi connectivity index (χ1) is 15.1. The Morgan fingerprint density at radius 1 is 1.00 bits per heavy atom. The average Bonchev–Trinajstić information content (AvgIpc) is 2.81. The zero-order chi connectivity index (χ0) is 21.6. The van der Waals surface area contributed by atoms with Gasteiger partial charge in [-0.2, -0.15) is 5.26 Å². The molecule has 1 unspecified atom stereocenters. The number of anilines is 2. The van der Waals surface area contributed by atoms with E-state index in [9.17, 15) is 4.79 Å². The summed E-state index contributed by atoms with van der Waals surface area (Å²) in [6, 6.07) is 25.5. The van der Waals surface area contributed by atoms with Crippen molar-refractivity contribution in [2.24, 2.45) is 0 Å². The molecule has 6 nitrogen and oxygen atoms in total. The van der Waals surface area contributed by atoms with Crippen LogP contribution >= 0.6 is 0 Å². The van der Waals surface area contributed by atoms with E-state index in [2.05, 4.69) is 21.7 Å². The van der Waals surface area contributed by atoms with E-state index in [0.29, 0.717) is 22.7 Å². The average molecular weight is 408 g/mol. The van der Waals surface area contributed by atoms with Crippen LogP contribution < -0.4 is 15.4 Å². The summed E-state index contributed by atoms with van der Waals surface area (Å²) >= 11 is 0. The van der Waals surface area contributed by atoms with Gasteiger partial charge in [-0.3, -0.25) is 9.78 Å². The highest BCUT2D eigenvalue weighted by Crippen LogP contribution is 2.29. The number of carbonyl (C=O) groups is 1. The third-order valence-electron chi connectivity index (χ3n) is 4.76. The fourth-order valence-electron chi connectivity index (χ4n) is 3.15. The number of amides is 1. The molecule has 0 aliphatic rings. The number of hydrogen-bond donors (Lipinski definition) is 2. The molecule has 31 heavy (non-hydrogen) atoms. The van der Waals surface area contributed by atoms with Crippen molar-refractivity contribution < 1.29 is 9.53 Å². The lowest BCUT2D eigenvalue weighted by atomic mass is 10.2. The van der Waals surface area contributed by atoms with E-state index in [-0.39, 0.29) is 5.91 Å². The number of aromatic nitrogens is 1. The zero-order valence-corrected chi connectivity index (χ0v) is 16.9. The second-order valence-electron chi connectivity index (χ2n) is 6.97. The van der Waals surface area contributed by atoms with Crippen LogP contribution in [0.25, 0.3) is 10.9 Å². The number of benzene rings is 3. The van der Waals surface area contributed by atoms with Gasteiger partial charge in [0.05, 0.1) is 11.3 Å². The molecule has 0 aliphatic heterocycles. The zero-order valence-electron chi connectivity index (χ0n) is 16.9. The van der Waals surface area contributed by atoms with Gasteiger partial charge in [-0.15, -0.1) is 0 Å². The largest absolute Gasteiger partial charge is 0.455 e. The van der Waals surface area contributed by atoms with E-state index in [4.69, 9.17) is 10.00 Å². The van der Waals surface area contributed by atoms with Crippen molar-refractivity contribution in [1.29, 1.82) is 5.26 Å². The Kier molecular flexibility index (Phi) is 5.77. The first-order valence-corrected chi connectivity index (χ1v) is 9.82. The molecule has 0 radical (unpaired) electrons. The third kappa shape index (κ3) is 4.62. The summed E-state index contributed by atoms with van der Waals surface area (Å²) in [4.78, 5) is 16.9. The summed E-state index contributed by atoms with van der Waals surface area (Å²) in [5.74, 6) is 1.12. The van der Waals surface area contributed by atoms with Crippen molar-refractivity contribution >= 4 is 28.2 Å². The molecule has 1 heterocycles. The molecule has 0 saturated carbocycles. The predicted octanol–water partition coefficient (Wildman–Crippen LogP) is 5.34. The Balaban J connectivity index is 1.41. The molecule has 0 saturated heterocycles. The fourth-order valence-corrected chi connectivity index (χ4v) is 3.15. The molecule has 0 bridgehead atoms. The minimum atomic E-state index is -0.499. The minimum Gasteiger partial charge on any atom is -0.455 e. The Morgan fingerprint density at radius 3 is 2.58 bits per heavy atom. The van der Waals surface area contributed by atoms with Gasteiger partial charge in [-0.05, 0) is 55.5 Å². The summed E-state index contributed by atoms with van der Waals surface area (Å²) in [7, 11) is 0. The maximum absolute atomic E-state index is 12.5. The SMILES string of the molecule is CC(Nc1ccc(Oc2cccc3cccnc23)cc1)C(=O)Nc1ccccc1C#N. The highest BCUT2D eigenvalue weighted by Gasteiger charge is 2.14. The van der Waals surface area contributed by atoms with Crippen molar-refractivity contribution in [3.05, 3.63) is 90.6 Å². The first-order valence-electron chi connectivity index (χ1n) is 9.82. The van der Waals surface area contributed by atoms with Crippen LogP contribution in [0.3, 0.4) is 0 Å². The van der Waals surface area contributed by atoms with E-state index < -0.39 is 6.04 Å². The monoisotopic (exact) mass is 408 g/mol. The summed E-state index contributed by atoms with van der Waals surface area (Å²) in [5.41, 5.74) is 2.50. The highest BCUT2D eigenvalue weighted by atomic mass is 16.5. The summed E-state index contributed by atoms with van der Waals surface area (Å²) in [5, 5.41) is 16.1. The number of pyridine rings is 1. The molecule has 3 aromatic carbocycles. The van der Waals surface area contributed by atoms with Gasteiger partial charge < -0.3 is 15.4 Å². The number of rotatable bonds is 6. The normalized spacial score (nSPS) is 11.4. The van der Waals surface area contributed by atoms with Crippen LogP contribution in [0.4, 0.5) is 11.4 Å². The topological polar surface area (TPSA) is 87.0 Å². The Bertz CT molecular complexity index is 1260. The number of fused-ring (bicyclic) bond motifs is 1. The standard InChI is InChI=1S/C25H20N4O2/c1-17(25(30)29-22-9-3-2-6-19(22)16-26)28-20-11-13-21(14-12-20)31-23-10-4-7-18-8-5-15-27-24(18)23/h2-15,17,28H,1H3,(H,29,30). The Hall–Kier alpha value is -4.37. The fraction of sp³-hybridized carbons (Fsp3) is 0.0800. The quantitative estimate of drug-likeness (QED) is 0.450. The van der Waals surface area contributed by atoms with Crippen molar-refractivity contribution in [2.75, 3.05) is 10.6 Å². The molecular weight excluding hydrogens is 388 g/mol. The molecule has 152 valence electrons. The molecule has 0 fully saturated rings. The van der Waals surface area contributed by atoms with Crippen molar-refractivity contribution in [1.82, 2.24) is 4.98 Å². The molecule has 0 aliphatic carbocycles. The number of nitrogens with one attached hydrogen (secondary N) is 2. The lowest BCUT2D eigenvalue weighted by Crippen LogP contribution is -2.32. The van der Waals surface area contributed by atoms with Crippen molar-refractivity contribution in [2.45, 2.75) is 13.0 Å². The molecule has 1 aromatic heterocycles. The highest BCUT2D eigenvalue weighted by molar-refractivity contribution is 5.97. The van der Waals surface area contributed by atoms with Gasteiger partial charge in [0.2, 0.25) is 5.91 Å². The van der Waals surface area contributed by atoms with Gasteiger partial charge in [0.1, 0.15) is 23.4 Å². The lowest BCUT2D eigenvalue weighted by molar-refractivity contribution is -0.116. The molecule has 1 amide bonds. The van der Waals surface area contributed by atoms with Crippen LogP contribution in [0.1, 0.15) is 12.5 Å². The lowest BCUT2D eigenvalue weighted by Gasteiger charge is -2.16. The third-order valence-corrected chi connectivity index (χ3v) is 4.76. The second-order valence-corrected chi connectivity index (χ2v) is 6.97. The van der Waals surface area contributed by atoms with Crippen LogP contribution in [0.15, 0.2) is 85.1 Å². The van der Waals surface area contributed by atoms with Gasteiger partial charge in [-0.1, -0.05) is 30.3 Å². The maximum Gasteiger partial charge on any atom is 0.246 e. The molecule has 2 N–H and O–H groups in total. The number of nitrogens with zero attached hydrogens (tertiary/aromatic N) is 2. The van der Waals surface area contributed by atoms with Crippen molar-refractivity contribution in [3.8, 4) is 17.6 Å². The van der Waals surface area contributed by atoms with E-state index in [1.165, 1.54) is 0 Å². The van der Waals surface area contributed by atoms with E-state index in [0.717, 1.165) is 16.6 Å². The summed E-state index contributed by atoms with van der Waals surface area (Å²) in [6.45, 7) is 1.76. The van der Waals surface area contributed by atoms with Crippen LogP contribution in [-0.2, 0) is 4.79 Å². The van der Waals surface area contributed by atoms with Crippen molar-refractivity contribution in [3.63, 3.8) is 0 Å². The van der Waals surface area contributed by atoms with Crippen LogP contribution in [0.2, 0.25) is 0 Å². The first kappa shape index (κ1) is 19.9. The van der Waals surface area contributed by atoms with Gasteiger partial charge >= 0.3 is 0 Å². The van der Waals surface area contributed by atoms with Crippen LogP contribution in [0, 0.1) is 11.3 Å². The number of ether oxygens (including phenoxy) is 1. The van der Waals surface area contributed by atoms with Gasteiger partial charge in [0, 0.05) is 17.3 Å². The molecule has 4 aromatic rings. The van der Waals surface area contributed by atoms with Gasteiger partial charge in [-0.25, -0.2) is 0 Å². The molecular formula is C25H20N4O2. The molecule has 6 heteroatoms. The van der Waals surface area contributed by atoms with E-state index in [1.54, 1.807) is 37.4 Å².